The third kappa shape index (κ3) is 3.13. The van der Waals surface area contributed by atoms with Crippen molar-refractivity contribution in [1.82, 2.24) is 0 Å². The summed E-state index contributed by atoms with van der Waals surface area (Å²) in [7, 11) is 0. The van der Waals surface area contributed by atoms with Crippen LogP contribution in [0.25, 0.3) is 6.08 Å². The monoisotopic (exact) mass is 214 g/mol. The lowest BCUT2D eigenvalue weighted by atomic mass is 10.2. The highest BCUT2D eigenvalue weighted by Gasteiger charge is 2.00. The fraction of sp³-hybridized carbons (Fsp3) is 0. The highest BCUT2D eigenvalue weighted by atomic mass is 35.5. The molecule has 1 aromatic rings. The van der Waals surface area contributed by atoms with Gasteiger partial charge in [0.05, 0.1) is 4.91 Å². The smallest absolute Gasteiger partial charge is 0.341 e. The molecule has 0 aliphatic carbocycles. The predicted octanol–water partition coefficient (Wildman–Crippen LogP) is 2.70. The van der Waals surface area contributed by atoms with Gasteiger partial charge in [-0.1, -0.05) is 23.7 Å². The Kier molecular flexibility index (Phi) is 3.39. The number of halogens is 1. The van der Waals surface area contributed by atoms with Gasteiger partial charge >= 0.3 is 5.97 Å². The molecular formula is C9H7ClO2S. The van der Waals surface area contributed by atoms with E-state index in [0.29, 0.717) is 5.02 Å². The number of thiol groups is 1. The van der Waals surface area contributed by atoms with Gasteiger partial charge in [-0.2, -0.15) is 0 Å². The number of hydrogen-bond acceptors (Lipinski definition) is 2. The number of carboxylic acids is 1. The molecule has 1 aromatic carbocycles. The lowest BCUT2D eigenvalue weighted by molar-refractivity contribution is -0.131. The SMILES string of the molecule is O=C(O)/C(S)=C/c1cccc(Cl)c1. The average molecular weight is 215 g/mol. The summed E-state index contributed by atoms with van der Waals surface area (Å²) in [4.78, 5) is 10.4. The molecule has 0 bridgehead atoms. The van der Waals surface area contributed by atoms with Crippen molar-refractivity contribution >= 4 is 36.3 Å². The number of rotatable bonds is 2. The van der Waals surface area contributed by atoms with Crippen molar-refractivity contribution < 1.29 is 9.90 Å². The molecule has 0 atom stereocenters. The predicted molar refractivity (Wildman–Crippen MR) is 56.1 cm³/mol. The first-order chi connectivity index (χ1) is 6.09. The molecule has 2 nitrogen and oxygen atoms in total. The number of aliphatic carboxylic acids is 1. The Hall–Kier alpha value is -0.930. The van der Waals surface area contributed by atoms with Crippen LogP contribution >= 0.6 is 24.2 Å². The first kappa shape index (κ1) is 10.2. The second-order valence-corrected chi connectivity index (χ2v) is 3.31. The number of carbonyl (C=O) groups is 1. The van der Waals surface area contributed by atoms with Crippen molar-refractivity contribution in [2.75, 3.05) is 0 Å². The molecule has 0 aliphatic heterocycles. The maximum absolute atomic E-state index is 10.4. The van der Waals surface area contributed by atoms with Crippen molar-refractivity contribution in [2.24, 2.45) is 0 Å². The highest BCUT2D eigenvalue weighted by molar-refractivity contribution is 7.85. The van der Waals surface area contributed by atoms with Gasteiger partial charge in [-0.15, -0.1) is 12.6 Å². The van der Waals surface area contributed by atoms with Gasteiger partial charge in [-0.25, -0.2) is 4.79 Å². The van der Waals surface area contributed by atoms with Crippen LogP contribution in [0.4, 0.5) is 0 Å². The van der Waals surface area contributed by atoms with Crippen molar-refractivity contribution in [3.8, 4) is 0 Å². The van der Waals surface area contributed by atoms with Crippen LogP contribution < -0.4 is 0 Å². The summed E-state index contributed by atoms with van der Waals surface area (Å²) in [5, 5.41) is 9.10. The van der Waals surface area contributed by atoms with Crippen molar-refractivity contribution in [1.29, 1.82) is 0 Å². The zero-order valence-electron chi connectivity index (χ0n) is 6.57. The molecule has 0 aromatic heterocycles. The van der Waals surface area contributed by atoms with Gasteiger partial charge in [0.25, 0.3) is 0 Å². The average Bonchev–Trinajstić information content (AvgIpc) is 2.04. The summed E-state index contributed by atoms with van der Waals surface area (Å²) < 4.78 is 0. The summed E-state index contributed by atoms with van der Waals surface area (Å²) in [5.41, 5.74) is 0.722. The zero-order chi connectivity index (χ0) is 9.84. The number of carboxylic acid groups (broad SMARTS) is 1. The minimum Gasteiger partial charge on any atom is -0.477 e. The number of benzene rings is 1. The summed E-state index contributed by atoms with van der Waals surface area (Å²) in [6.45, 7) is 0. The molecule has 0 amide bonds. The fourth-order valence-electron chi connectivity index (χ4n) is 0.816. The quantitative estimate of drug-likeness (QED) is 0.587. The van der Waals surface area contributed by atoms with E-state index >= 15 is 0 Å². The molecule has 0 fully saturated rings. The molecule has 0 heterocycles. The van der Waals surface area contributed by atoms with Gasteiger partial charge in [-0.3, -0.25) is 0 Å². The van der Waals surface area contributed by atoms with E-state index in [0.717, 1.165) is 5.56 Å². The Labute approximate surface area is 86.3 Å². The molecule has 0 aliphatic rings. The van der Waals surface area contributed by atoms with Gasteiger partial charge in [0.2, 0.25) is 0 Å². The van der Waals surface area contributed by atoms with Crippen molar-refractivity contribution in [2.45, 2.75) is 0 Å². The standard InChI is InChI=1S/C9H7ClO2S/c10-7-3-1-2-6(4-7)5-8(13)9(11)12/h1-5,13H,(H,11,12)/b8-5-. The third-order valence-corrected chi connectivity index (χ3v) is 1.93. The Balaban J connectivity index is 2.97. The number of hydrogen-bond donors (Lipinski definition) is 2. The van der Waals surface area contributed by atoms with Gasteiger partial charge in [0.1, 0.15) is 0 Å². The molecule has 68 valence electrons. The summed E-state index contributed by atoms with van der Waals surface area (Å²) in [6.07, 6.45) is 1.44. The summed E-state index contributed by atoms with van der Waals surface area (Å²) in [6, 6.07) is 6.89. The molecule has 1 N–H and O–H groups in total. The van der Waals surface area contributed by atoms with Crippen LogP contribution in [0.3, 0.4) is 0 Å². The normalized spacial score (nSPS) is 11.4. The summed E-state index contributed by atoms with van der Waals surface area (Å²) >= 11 is 9.50. The minimum absolute atomic E-state index is 0.0118. The van der Waals surface area contributed by atoms with E-state index < -0.39 is 5.97 Å². The second kappa shape index (κ2) is 4.35. The molecule has 0 spiro atoms. The van der Waals surface area contributed by atoms with Crippen molar-refractivity contribution in [3.63, 3.8) is 0 Å². The largest absolute Gasteiger partial charge is 0.477 e. The molecular weight excluding hydrogens is 208 g/mol. The van der Waals surface area contributed by atoms with Crippen LogP contribution in [-0.2, 0) is 4.79 Å². The van der Waals surface area contributed by atoms with E-state index in [-0.39, 0.29) is 4.91 Å². The Morgan fingerprint density at radius 2 is 2.23 bits per heavy atom. The first-order valence-corrected chi connectivity index (χ1v) is 4.31. The van der Waals surface area contributed by atoms with Crippen LogP contribution in [0.5, 0.6) is 0 Å². The van der Waals surface area contributed by atoms with E-state index in [1.165, 1.54) is 6.08 Å². The third-order valence-electron chi connectivity index (χ3n) is 1.37. The van der Waals surface area contributed by atoms with Crippen LogP contribution in [-0.4, -0.2) is 11.1 Å². The lowest BCUT2D eigenvalue weighted by Gasteiger charge is -1.95. The minimum atomic E-state index is -1.05. The van der Waals surface area contributed by atoms with E-state index in [2.05, 4.69) is 12.6 Å². The van der Waals surface area contributed by atoms with Gasteiger partial charge in [-0.05, 0) is 23.8 Å². The van der Waals surface area contributed by atoms with Crippen LogP contribution in [0.1, 0.15) is 5.56 Å². The van der Waals surface area contributed by atoms with Crippen molar-refractivity contribution in [3.05, 3.63) is 39.8 Å². The Morgan fingerprint density at radius 3 is 2.77 bits per heavy atom. The van der Waals surface area contributed by atoms with E-state index in [1.807, 2.05) is 0 Å². The lowest BCUT2D eigenvalue weighted by Crippen LogP contribution is -1.92. The topological polar surface area (TPSA) is 37.3 Å². The Morgan fingerprint density at radius 1 is 1.54 bits per heavy atom. The van der Waals surface area contributed by atoms with E-state index in [1.54, 1.807) is 24.3 Å². The van der Waals surface area contributed by atoms with E-state index in [4.69, 9.17) is 16.7 Å². The van der Waals surface area contributed by atoms with Gasteiger partial charge in [0.15, 0.2) is 0 Å². The highest BCUT2D eigenvalue weighted by Crippen LogP contribution is 2.14. The van der Waals surface area contributed by atoms with Crippen LogP contribution in [0.15, 0.2) is 29.2 Å². The molecule has 0 unspecified atom stereocenters. The zero-order valence-corrected chi connectivity index (χ0v) is 8.22. The maximum atomic E-state index is 10.4. The second-order valence-electron chi connectivity index (χ2n) is 2.39. The molecule has 0 radical (unpaired) electrons. The molecule has 1 rings (SSSR count). The van der Waals surface area contributed by atoms with Crippen LogP contribution in [0, 0.1) is 0 Å². The summed E-state index contributed by atoms with van der Waals surface area (Å²) in [5.74, 6) is -1.05. The fourth-order valence-corrected chi connectivity index (χ4v) is 1.16. The maximum Gasteiger partial charge on any atom is 0.341 e. The van der Waals surface area contributed by atoms with E-state index in [9.17, 15) is 4.79 Å². The van der Waals surface area contributed by atoms with Gasteiger partial charge < -0.3 is 5.11 Å². The molecule has 4 heteroatoms. The molecule has 13 heavy (non-hydrogen) atoms. The van der Waals surface area contributed by atoms with Gasteiger partial charge in [0, 0.05) is 5.02 Å². The molecule has 0 saturated heterocycles. The van der Waals surface area contributed by atoms with Crippen LogP contribution in [0.2, 0.25) is 5.02 Å². The molecule has 0 saturated carbocycles. The Bertz CT molecular complexity index is 360. The first-order valence-electron chi connectivity index (χ1n) is 3.49.